The number of ether oxygens (including phenoxy) is 1. The van der Waals surface area contributed by atoms with Crippen LogP contribution in [0.4, 0.5) is 0 Å². The van der Waals surface area contributed by atoms with Gasteiger partial charge in [0.2, 0.25) is 5.91 Å². The van der Waals surface area contributed by atoms with Gasteiger partial charge in [-0.25, -0.2) is 0 Å². The summed E-state index contributed by atoms with van der Waals surface area (Å²) in [5, 5.41) is 5.49. The van der Waals surface area contributed by atoms with Crippen molar-refractivity contribution in [3.8, 4) is 5.75 Å². The fraction of sp³-hybridized carbons (Fsp3) is 0.227. The molecule has 0 aliphatic heterocycles. The number of amides is 1. The maximum atomic E-state index is 12.3. The van der Waals surface area contributed by atoms with Crippen LogP contribution in [0.5, 0.6) is 5.75 Å². The normalized spacial score (nSPS) is 11.9. The lowest BCUT2D eigenvalue weighted by molar-refractivity contribution is -0.121. The molecular formula is C22H23NO2. The maximum absolute atomic E-state index is 12.3. The molecule has 3 rings (SSSR count). The van der Waals surface area contributed by atoms with Gasteiger partial charge in [0.05, 0.1) is 13.2 Å². The molecule has 0 aliphatic carbocycles. The molecule has 3 heteroatoms. The number of fused-ring (bicyclic) bond motifs is 1. The topological polar surface area (TPSA) is 38.3 Å². The maximum Gasteiger partial charge on any atom is 0.220 e. The molecule has 0 fully saturated rings. The largest absolute Gasteiger partial charge is 0.497 e. The van der Waals surface area contributed by atoms with Crippen molar-refractivity contribution in [2.24, 2.45) is 0 Å². The van der Waals surface area contributed by atoms with Crippen molar-refractivity contribution in [1.29, 1.82) is 0 Å². The Balaban J connectivity index is 1.64. The second-order valence-corrected chi connectivity index (χ2v) is 6.21. The molecule has 0 saturated carbocycles. The van der Waals surface area contributed by atoms with Crippen LogP contribution in [0, 0.1) is 0 Å². The number of nitrogens with one attached hydrogen (secondary N) is 1. The van der Waals surface area contributed by atoms with E-state index in [1.54, 1.807) is 7.11 Å². The van der Waals surface area contributed by atoms with Gasteiger partial charge in [-0.15, -0.1) is 0 Å². The Morgan fingerprint density at radius 2 is 1.80 bits per heavy atom. The highest BCUT2D eigenvalue weighted by atomic mass is 16.5. The highest BCUT2D eigenvalue weighted by Gasteiger charge is 2.12. The zero-order valence-electron chi connectivity index (χ0n) is 14.7. The number of carbonyl (C=O) groups is 1. The van der Waals surface area contributed by atoms with Crippen LogP contribution in [-0.2, 0) is 11.2 Å². The predicted molar refractivity (Wildman–Crippen MR) is 102 cm³/mol. The zero-order chi connectivity index (χ0) is 17.6. The van der Waals surface area contributed by atoms with Gasteiger partial charge < -0.3 is 10.1 Å². The minimum absolute atomic E-state index is 0.0242. The highest BCUT2D eigenvalue weighted by Crippen LogP contribution is 2.24. The molecule has 3 nitrogen and oxygen atoms in total. The summed E-state index contributed by atoms with van der Waals surface area (Å²) in [5.41, 5.74) is 2.25. The predicted octanol–water partition coefficient (Wildman–Crippen LogP) is 4.66. The summed E-state index contributed by atoms with van der Waals surface area (Å²) < 4.78 is 5.22. The standard InChI is InChI=1S/C22H23NO2/c1-16(20-12-6-9-18-8-3-4-11-21(18)20)23-22(24)14-13-17-7-5-10-19(15-17)25-2/h3-12,15-16H,13-14H2,1-2H3,(H,23,24)/t16-/m0/s1. The molecule has 0 aromatic heterocycles. The summed E-state index contributed by atoms with van der Waals surface area (Å²) >= 11 is 0. The molecule has 0 heterocycles. The minimum Gasteiger partial charge on any atom is -0.497 e. The summed E-state index contributed by atoms with van der Waals surface area (Å²) in [6.07, 6.45) is 1.16. The second-order valence-electron chi connectivity index (χ2n) is 6.21. The van der Waals surface area contributed by atoms with E-state index in [2.05, 4.69) is 29.6 Å². The lowest BCUT2D eigenvalue weighted by Crippen LogP contribution is -2.26. The molecule has 3 aromatic carbocycles. The molecule has 128 valence electrons. The third-order valence-corrected chi connectivity index (χ3v) is 4.44. The van der Waals surface area contributed by atoms with Gasteiger partial charge in [-0.1, -0.05) is 54.6 Å². The molecule has 25 heavy (non-hydrogen) atoms. The Labute approximate surface area is 148 Å². The van der Waals surface area contributed by atoms with Gasteiger partial charge in [-0.3, -0.25) is 4.79 Å². The van der Waals surface area contributed by atoms with E-state index in [9.17, 15) is 4.79 Å². The van der Waals surface area contributed by atoms with Crippen LogP contribution in [0.1, 0.15) is 30.5 Å². The molecule has 0 unspecified atom stereocenters. The molecule has 0 aliphatic rings. The first kappa shape index (κ1) is 17.0. The van der Waals surface area contributed by atoms with E-state index in [1.807, 2.05) is 49.4 Å². The molecular weight excluding hydrogens is 310 g/mol. The highest BCUT2D eigenvalue weighted by molar-refractivity contribution is 5.86. The summed E-state index contributed by atoms with van der Waals surface area (Å²) in [6.45, 7) is 2.03. The summed E-state index contributed by atoms with van der Waals surface area (Å²) in [4.78, 5) is 12.3. The van der Waals surface area contributed by atoms with Crippen LogP contribution in [0.2, 0.25) is 0 Å². The number of carbonyl (C=O) groups excluding carboxylic acids is 1. The van der Waals surface area contributed by atoms with Gasteiger partial charge in [-0.2, -0.15) is 0 Å². The fourth-order valence-electron chi connectivity index (χ4n) is 3.11. The monoisotopic (exact) mass is 333 g/mol. The number of aryl methyl sites for hydroxylation is 1. The van der Waals surface area contributed by atoms with Crippen LogP contribution >= 0.6 is 0 Å². The molecule has 0 saturated heterocycles. The molecule has 1 atom stereocenters. The summed E-state index contributed by atoms with van der Waals surface area (Å²) in [7, 11) is 1.65. The van der Waals surface area contributed by atoms with Crippen molar-refractivity contribution in [1.82, 2.24) is 5.32 Å². The summed E-state index contributed by atoms with van der Waals surface area (Å²) in [6, 6.07) is 22.3. The summed E-state index contributed by atoms with van der Waals surface area (Å²) in [5.74, 6) is 0.880. The van der Waals surface area contributed by atoms with Crippen molar-refractivity contribution in [3.63, 3.8) is 0 Å². The molecule has 3 aromatic rings. The fourth-order valence-corrected chi connectivity index (χ4v) is 3.11. The van der Waals surface area contributed by atoms with Gasteiger partial charge in [0.15, 0.2) is 0 Å². The Morgan fingerprint density at radius 1 is 1.04 bits per heavy atom. The Morgan fingerprint density at radius 3 is 2.64 bits per heavy atom. The van der Waals surface area contributed by atoms with Crippen LogP contribution in [0.3, 0.4) is 0 Å². The van der Waals surface area contributed by atoms with E-state index >= 15 is 0 Å². The number of methoxy groups -OCH3 is 1. The third-order valence-electron chi connectivity index (χ3n) is 4.44. The van der Waals surface area contributed by atoms with E-state index in [-0.39, 0.29) is 11.9 Å². The second kappa shape index (κ2) is 7.84. The third kappa shape index (κ3) is 4.18. The first-order chi connectivity index (χ1) is 12.2. The van der Waals surface area contributed by atoms with Crippen molar-refractivity contribution < 1.29 is 9.53 Å². The number of hydrogen-bond donors (Lipinski definition) is 1. The Kier molecular flexibility index (Phi) is 5.34. The number of hydrogen-bond acceptors (Lipinski definition) is 2. The number of benzene rings is 3. The van der Waals surface area contributed by atoms with E-state index in [0.717, 1.165) is 16.9 Å². The average Bonchev–Trinajstić information content (AvgIpc) is 2.66. The van der Waals surface area contributed by atoms with E-state index in [0.29, 0.717) is 12.8 Å². The van der Waals surface area contributed by atoms with Gasteiger partial charge in [-0.05, 0) is 47.4 Å². The van der Waals surface area contributed by atoms with E-state index in [4.69, 9.17) is 4.74 Å². The number of rotatable bonds is 6. The Hall–Kier alpha value is -2.81. The van der Waals surface area contributed by atoms with Crippen molar-refractivity contribution in [2.75, 3.05) is 7.11 Å². The van der Waals surface area contributed by atoms with E-state index < -0.39 is 0 Å². The van der Waals surface area contributed by atoms with Crippen molar-refractivity contribution >= 4 is 16.7 Å². The SMILES string of the molecule is COc1cccc(CCC(=O)N[C@@H](C)c2cccc3ccccc23)c1. The zero-order valence-corrected chi connectivity index (χ0v) is 14.7. The van der Waals surface area contributed by atoms with Crippen molar-refractivity contribution in [3.05, 3.63) is 77.9 Å². The van der Waals surface area contributed by atoms with Crippen LogP contribution in [-0.4, -0.2) is 13.0 Å². The van der Waals surface area contributed by atoms with Gasteiger partial charge in [0, 0.05) is 6.42 Å². The molecule has 0 bridgehead atoms. The first-order valence-corrected chi connectivity index (χ1v) is 8.57. The van der Waals surface area contributed by atoms with Crippen LogP contribution < -0.4 is 10.1 Å². The van der Waals surface area contributed by atoms with Crippen LogP contribution in [0.25, 0.3) is 10.8 Å². The average molecular weight is 333 g/mol. The molecule has 1 N–H and O–H groups in total. The lowest BCUT2D eigenvalue weighted by Gasteiger charge is -2.17. The quantitative estimate of drug-likeness (QED) is 0.712. The lowest BCUT2D eigenvalue weighted by atomic mass is 9.99. The van der Waals surface area contributed by atoms with E-state index in [1.165, 1.54) is 10.8 Å². The molecule has 0 radical (unpaired) electrons. The Bertz CT molecular complexity index is 867. The van der Waals surface area contributed by atoms with Crippen molar-refractivity contribution in [2.45, 2.75) is 25.8 Å². The first-order valence-electron chi connectivity index (χ1n) is 8.57. The van der Waals surface area contributed by atoms with Gasteiger partial charge in [0.1, 0.15) is 5.75 Å². The minimum atomic E-state index is -0.0242. The molecule has 0 spiro atoms. The molecule has 1 amide bonds. The smallest absolute Gasteiger partial charge is 0.220 e. The van der Waals surface area contributed by atoms with Crippen LogP contribution in [0.15, 0.2) is 66.7 Å². The van der Waals surface area contributed by atoms with Gasteiger partial charge in [0.25, 0.3) is 0 Å². The van der Waals surface area contributed by atoms with Gasteiger partial charge >= 0.3 is 0 Å².